The lowest BCUT2D eigenvalue weighted by molar-refractivity contribution is 0.204. The van der Waals surface area contributed by atoms with Crippen LogP contribution in [0.4, 0.5) is 10.1 Å². The molecule has 1 atom stereocenters. The van der Waals surface area contributed by atoms with Crippen molar-refractivity contribution in [2.75, 3.05) is 11.9 Å². The predicted octanol–water partition coefficient (Wildman–Crippen LogP) is 4.90. The SMILES string of the molecule is Fc1ccc(Br)cc1C1CNc2cccc(Br)c2O1. The van der Waals surface area contributed by atoms with Gasteiger partial charge in [0.05, 0.1) is 16.7 Å². The number of hydrogen-bond donors (Lipinski definition) is 1. The zero-order valence-corrected chi connectivity index (χ0v) is 13.0. The summed E-state index contributed by atoms with van der Waals surface area (Å²) in [7, 11) is 0. The van der Waals surface area contributed by atoms with Crippen molar-refractivity contribution in [2.24, 2.45) is 0 Å². The number of halogens is 3. The Morgan fingerprint density at radius 2 is 2.05 bits per heavy atom. The molecule has 1 unspecified atom stereocenters. The summed E-state index contributed by atoms with van der Waals surface area (Å²) in [5.41, 5.74) is 1.46. The molecule has 0 saturated heterocycles. The Hall–Kier alpha value is -1.07. The first-order valence-electron chi connectivity index (χ1n) is 5.79. The minimum Gasteiger partial charge on any atom is -0.480 e. The van der Waals surface area contributed by atoms with Gasteiger partial charge in [-0.3, -0.25) is 0 Å². The molecule has 2 aromatic rings. The largest absolute Gasteiger partial charge is 0.480 e. The summed E-state index contributed by atoms with van der Waals surface area (Å²) in [5.74, 6) is 0.462. The predicted molar refractivity (Wildman–Crippen MR) is 80.1 cm³/mol. The first-order chi connectivity index (χ1) is 9.15. The highest BCUT2D eigenvalue weighted by Crippen LogP contribution is 2.40. The Labute approximate surface area is 127 Å². The lowest BCUT2D eigenvalue weighted by atomic mass is 10.1. The Kier molecular flexibility index (Phi) is 3.50. The summed E-state index contributed by atoms with van der Waals surface area (Å²) < 4.78 is 21.5. The minimum absolute atomic E-state index is 0.259. The third-order valence-corrected chi connectivity index (χ3v) is 4.13. The molecule has 0 radical (unpaired) electrons. The van der Waals surface area contributed by atoms with Gasteiger partial charge in [-0.25, -0.2) is 4.39 Å². The van der Waals surface area contributed by atoms with Crippen LogP contribution in [-0.2, 0) is 0 Å². The normalized spacial score (nSPS) is 17.3. The van der Waals surface area contributed by atoms with Crippen molar-refractivity contribution in [3.8, 4) is 5.75 Å². The first-order valence-corrected chi connectivity index (χ1v) is 7.38. The molecule has 0 bridgehead atoms. The summed E-state index contributed by atoms with van der Waals surface area (Å²) in [6, 6.07) is 10.6. The fraction of sp³-hybridized carbons (Fsp3) is 0.143. The van der Waals surface area contributed by atoms with Gasteiger partial charge in [-0.05, 0) is 46.3 Å². The van der Waals surface area contributed by atoms with Gasteiger partial charge in [0, 0.05) is 10.0 Å². The molecule has 0 saturated carbocycles. The number of anilines is 1. The van der Waals surface area contributed by atoms with Crippen molar-refractivity contribution in [1.82, 2.24) is 0 Å². The molecule has 1 N–H and O–H groups in total. The van der Waals surface area contributed by atoms with Gasteiger partial charge < -0.3 is 10.1 Å². The number of benzene rings is 2. The molecule has 5 heteroatoms. The van der Waals surface area contributed by atoms with E-state index in [1.54, 1.807) is 12.1 Å². The fourth-order valence-electron chi connectivity index (χ4n) is 2.09. The molecule has 19 heavy (non-hydrogen) atoms. The zero-order valence-electron chi connectivity index (χ0n) is 9.79. The fourth-order valence-corrected chi connectivity index (χ4v) is 2.93. The molecule has 2 aromatic carbocycles. The average molecular weight is 387 g/mol. The number of fused-ring (bicyclic) bond motifs is 1. The summed E-state index contributed by atoms with van der Waals surface area (Å²) in [6.45, 7) is 0.539. The quantitative estimate of drug-likeness (QED) is 0.752. The molecule has 0 aliphatic carbocycles. The molecule has 1 heterocycles. The van der Waals surface area contributed by atoms with Crippen molar-refractivity contribution in [3.63, 3.8) is 0 Å². The van der Waals surface area contributed by atoms with Crippen molar-refractivity contribution in [1.29, 1.82) is 0 Å². The lowest BCUT2D eigenvalue weighted by Gasteiger charge is -2.28. The summed E-state index contributed by atoms with van der Waals surface area (Å²) in [5, 5.41) is 3.26. The minimum atomic E-state index is -0.344. The van der Waals surface area contributed by atoms with Crippen LogP contribution >= 0.6 is 31.9 Å². The van der Waals surface area contributed by atoms with E-state index >= 15 is 0 Å². The van der Waals surface area contributed by atoms with Crippen molar-refractivity contribution in [2.45, 2.75) is 6.10 Å². The van der Waals surface area contributed by atoms with Crippen LogP contribution in [0.1, 0.15) is 11.7 Å². The molecule has 0 spiro atoms. The van der Waals surface area contributed by atoms with E-state index in [9.17, 15) is 4.39 Å². The standard InChI is InChI=1S/C14H10Br2FNO/c15-8-4-5-11(17)9(6-8)13-7-18-12-3-1-2-10(16)14(12)19-13/h1-6,13,18H,7H2. The average Bonchev–Trinajstić information content (AvgIpc) is 2.42. The number of rotatable bonds is 1. The molecular weight excluding hydrogens is 377 g/mol. The van der Waals surface area contributed by atoms with E-state index < -0.39 is 0 Å². The van der Waals surface area contributed by atoms with Crippen LogP contribution in [0.15, 0.2) is 45.3 Å². The first kappa shape index (κ1) is 12.9. The molecule has 98 valence electrons. The van der Waals surface area contributed by atoms with Crippen LogP contribution in [0.2, 0.25) is 0 Å². The molecule has 1 aliphatic rings. The van der Waals surface area contributed by atoms with Crippen LogP contribution < -0.4 is 10.1 Å². The maximum atomic E-state index is 13.9. The van der Waals surface area contributed by atoms with E-state index in [1.807, 2.05) is 18.2 Å². The number of ether oxygens (including phenoxy) is 1. The van der Waals surface area contributed by atoms with Gasteiger partial charge in [0.25, 0.3) is 0 Å². The van der Waals surface area contributed by atoms with E-state index in [0.29, 0.717) is 12.1 Å². The van der Waals surface area contributed by atoms with Crippen molar-refractivity contribution < 1.29 is 9.13 Å². The molecule has 0 fully saturated rings. The molecule has 0 aromatic heterocycles. The highest BCUT2D eigenvalue weighted by atomic mass is 79.9. The second kappa shape index (κ2) is 5.13. The zero-order chi connectivity index (χ0) is 13.4. The Balaban J connectivity index is 1.97. The summed E-state index contributed by atoms with van der Waals surface area (Å²) in [6.07, 6.45) is -0.344. The monoisotopic (exact) mass is 385 g/mol. The van der Waals surface area contributed by atoms with Crippen molar-refractivity contribution >= 4 is 37.5 Å². The highest BCUT2D eigenvalue weighted by Gasteiger charge is 2.25. The van der Waals surface area contributed by atoms with Crippen LogP contribution in [-0.4, -0.2) is 6.54 Å². The number of para-hydroxylation sites is 1. The van der Waals surface area contributed by atoms with E-state index in [2.05, 4.69) is 37.2 Å². The van der Waals surface area contributed by atoms with Gasteiger partial charge in [0.15, 0.2) is 5.75 Å². The smallest absolute Gasteiger partial charge is 0.157 e. The van der Waals surface area contributed by atoms with Crippen LogP contribution in [0.25, 0.3) is 0 Å². The maximum absolute atomic E-state index is 13.9. The maximum Gasteiger partial charge on any atom is 0.157 e. The van der Waals surface area contributed by atoms with Crippen LogP contribution in [0, 0.1) is 5.82 Å². The molecular formula is C14H10Br2FNO. The molecule has 0 amide bonds. The van der Waals surface area contributed by atoms with Crippen LogP contribution in [0.5, 0.6) is 5.75 Å². The van der Waals surface area contributed by atoms with E-state index in [1.165, 1.54) is 6.07 Å². The molecule has 2 nitrogen and oxygen atoms in total. The third kappa shape index (κ3) is 2.49. The van der Waals surface area contributed by atoms with Crippen LogP contribution in [0.3, 0.4) is 0 Å². The second-order valence-electron chi connectivity index (χ2n) is 4.27. The van der Waals surface area contributed by atoms with Crippen molar-refractivity contribution in [3.05, 3.63) is 56.7 Å². The third-order valence-electron chi connectivity index (χ3n) is 3.01. The van der Waals surface area contributed by atoms with E-state index in [0.717, 1.165) is 20.4 Å². The summed E-state index contributed by atoms with van der Waals surface area (Å²) >= 11 is 6.80. The number of hydrogen-bond acceptors (Lipinski definition) is 2. The molecule has 3 rings (SSSR count). The Bertz CT molecular complexity index is 633. The van der Waals surface area contributed by atoms with Gasteiger partial charge in [-0.2, -0.15) is 0 Å². The Morgan fingerprint density at radius 3 is 2.89 bits per heavy atom. The van der Waals surface area contributed by atoms with Gasteiger partial charge >= 0.3 is 0 Å². The number of nitrogens with one attached hydrogen (secondary N) is 1. The Morgan fingerprint density at radius 1 is 1.21 bits per heavy atom. The van der Waals surface area contributed by atoms with Gasteiger partial charge in [0.2, 0.25) is 0 Å². The van der Waals surface area contributed by atoms with Gasteiger partial charge in [0.1, 0.15) is 11.9 Å². The summed E-state index contributed by atoms with van der Waals surface area (Å²) in [4.78, 5) is 0. The lowest BCUT2D eigenvalue weighted by Crippen LogP contribution is -2.24. The van der Waals surface area contributed by atoms with Gasteiger partial charge in [-0.15, -0.1) is 0 Å². The second-order valence-corrected chi connectivity index (χ2v) is 6.04. The molecule has 1 aliphatic heterocycles. The van der Waals surface area contributed by atoms with E-state index in [4.69, 9.17) is 4.74 Å². The van der Waals surface area contributed by atoms with Gasteiger partial charge in [-0.1, -0.05) is 22.0 Å². The highest BCUT2D eigenvalue weighted by molar-refractivity contribution is 9.10. The van der Waals surface area contributed by atoms with E-state index in [-0.39, 0.29) is 11.9 Å². The topological polar surface area (TPSA) is 21.3 Å².